The van der Waals surface area contributed by atoms with Crippen molar-refractivity contribution in [2.45, 2.75) is 20.0 Å². The molecule has 20 heavy (non-hydrogen) atoms. The second-order valence-electron chi connectivity index (χ2n) is 4.98. The van der Waals surface area contributed by atoms with Crippen molar-refractivity contribution in [1.29, 1.82) is 0 Å². The van der Waals surface area contributed by atoms with Gasteiger partial charge in [0, 0.05) is 19.6 Å². The fraction of sp³-hybridized carbons (Fsp3) is 0.600. The van der Waals surface area contributed by atoms with Gasteiger partial charge in [0.05, 0.1) is 13.2 Å². The predicted octanol–water partition coefficient (Wildman–Crippen LogP) is 0.330. The largest absolute Gasteiger partial charge is 0.491 e. The topological polar surface area (TPSA) is 73.2 Å². The number of benzene rings is 1. The zero-order valence-corrected chi connectivity index (χ0v) is 12.2. The van der Waals surface area contributed by atoms with Gasteiger partial charge in [-0.3, -0.25) is 4.90 Å². The van der Waals surface area contributed by atoms with Crippen LogP contribution >= 0.6 is 0 Å². The van der Waals surface area contributed by atoms with E-state index in [9.17, 15) is 5.11 Å². The van der Waals surface area contributed by atoms with E-state index in [0.29, 0.717) is 19.6 Å². The first-order valence-corrected chi connectivity index (χ1v) is 6.89. The third-order valence-electron chi connectivity index (χ3n) is 3.06. The highest BCUT2D eigenvalue weighted by molar-refractivity contribution is 5.35. The van der Waals surface area contributed by atoms with Crippen LogP contribution in [0.5, 0.6) is 5.75 Å². The molecule has 5 heteroatoms. The number of aryl methyl sites for hydroxylation is 2. The lowest BCUT2D eigenvalue weighted by atomic mass is 10.1. The summed E-state index contributed by atoms with van der Waals surface area (Å²) < 4.78 is 5.61. The number of aliphatic hydroxyl groups excluding tert-OH is 3. The molecule has 1 rings (SSSR count). The Balaban J connectivity index is 2.43. The third-order valence-corrected chi connectivity index (χ3v) is 3.06. The van der Waals surface area contributed by atoms with Crippen LogP contribution in [0.2, 0.25) is 0 Å². The highest BCUT2D eigenvalue weighted by Gasteiger charge is 2.12. The van der Waals surface area contributed by atoms with Gasteiger partial charge in [-0.1, -0.05) is 17.7 Å². The molecule has 5 nitrogen and oxygen atoms in total. The summed E-state index contributed by atoms with van der Waals surface area (Å²) in [6.07, 6.45) is -0.659. The summed E-state index contributed by atoms with van der Waals surface area (Å²) in [7, 11) is 0. The van der Waals surface area contributed by atoms with E-state index < -0.39 is 6.10 Å². The average Bonchev–Trinajstić information content (AvgIpc) is 2.38. The van der Waals surface area contributed by atoms with Gasteiger partial charge in [-0.15, -0.1) is 0 Å². The van der Waals surface area contributed by atoms with Crippen LogP contribution < -0.4 is 4.74 Å². The number of ether oxygens (including phenoxy) is 1. The van der Waals surface area contributed by atoms with E-state index in [1.165, 1.54) is 5.56 Å². The molecule has 0 amide bonds. The van der Waals surface area contributed by atoms with E-state index in [-0.39, 0.29) is 19.8 Å². The normalized spacial score (nSPS) is 12.7. The van der Waals surface area contributed by atoms with Gasteiger partial charge in [0.15, 0.2) is 0 Å². The van der Waals surface area contributed by atoms with Gasteiger partial charge < -0.3 is 20.1 Å². The molecule has 0 aliphatic heterocycles. The molecule has 0 heterocycles. The van der Waals surface area contributed by atoms with Crippen molar-refractivity contribution in [3.05, 3.63) is 29.3 Å². The van der Waals surface area contributed by atoms with E-state index >= 15 is 0 Å². The third kappa shape index (κ3) is 5.88. The Labute approximate surface area is 120 Å². The molecule has 114 valence electrons. The summed E-state index contributed by atoms with van der Waals surface area (Å²) in [6, 6.07) is 5.90. The fourth-order valence-electron chi connectivity index (χ4n) is 2.08. The highest BCUT2D eigenvalue weighted by atomic mass is 16.5. The summed E-state index contributed by atoms with van der Waals surface area (Å²) in [5, 5.41) is 27.8. The number of hydrogen-bond acceptors (Lipinski definition) is 5. The minimum absolute atomic E-state index is 0.00461. The lowest BCUT2D eigenvalue weighted by Gasteiger charge is -2.23. The van der Waals surface area contributed by atoms with Crippen LogP contribution in [0.3, 0.4) is 0 Å². The van der Waals surface area contributed by atoms with Crippen molar-refractivity contribution in [3.63, 3.8) is 0 Å². The van der Waals surface area contributed by atoms with E-state index in [1.54, 1.807) is 4.90 Å². The van der Waals surface area contributed by atoms with Crippen molar-refractivity contribution in [2.75, 3.05) is 39.5 Å². The van der Waals surface area contributed by atoms with Crippen LogP contribution in [0.4, 0.5) is 0 Å². The number of aliphatic hydroxyl groups is 3. The summed E-state index contributed by atoms with van der Waals surface area (Å²) in [4.78, 5) is 1.80. The minimum atomic E-state index is -0.659. The van der Waals surface area contributed by atoms with Crippen LogP contribution in [0.15, 0.2) is 18.2 Å². The van der Waals surface area contributed by atoms with E-state index in [0.717, 1.165) is 11.3 Å². The number of rotatable bonds is 9. The summed E-state index contributed by atoms with van der Waals surface area (Å²) in [5.74, 6) is 0.769. The molecule has 0 radical (unpaired) electrons. The van der Waals surface area contributed by atoms with Crippen LogP contribution in [0, 0.1) is 13.8 Å². The second kappa shape index (κ2) is 8.92. The summed E-state index contributed by atoms with van der Waals surface area (Å²) in [5.41, 5.74) is 2.22. The van der Waals surface area contributed by atoms with Crippen molar-refractivity contribution in [2.24, 2.45) is 0 Å². The molecule has 0 aromatic heterocycles. The molecule has 0 spiro atoms. The van der Waals surface area contributed by atoms with Gasteiger partial charge in [0.25, 0.3) is 0 Å². The zero-order chi connectivity index (χ0) is 15.0. The van der Waals surface area contributed by atoms with Crippen molar-refractivity contribution < 1.29 is 20.1 Å². The summed E-state index contributed by atoms with van der Waals surface area (Å²) >= 11 is 0. The monoisotopic (exact) mass is 283 g/mol. The van der Waals surface area contributed by atoms with Crippen LogP contribution in [0.1, 0.15) is 11.1 Å². The molecule has 0 saturated carbocycles. The van der Waals surface area contributed by atoms with Crippen molar-refractivity contribution in [1.82, 2.24) is 4.90 Å². The summed E-state index contributed by atoms with van der Waals surface area (Å²) in [6.45, 7) is 5.42. The van der Waals surface area contributed by atoms with E-state index in [1.807, 2.05) is 32.0 Å². The minimum Gasteiger partial charge on any atom is -0.491 e. The maximum atomic E-state index is 9.95. The lowest BCUT2D eigenvalue weighted by molar-refractivity contribution is 0.0550. The molecule has 1 aromatic carbocycles. The maximum Gasteiger partial charge on any atom is 0.122 e. The average molecular weight is 283 g/mol. The van der Waals surface area contributed by atoms with Crippen LogP contribution in [-0.2, 0) is 0 Å². The molecular weight excluding hydrogens is 258 g/mol. The molecule has 0 bridgehead atoms. The van der Waals surface area contributed by atoms with Gasteiger partial charge >= 0.3 is 0 Å². The molecule has 0 aliphatic carbocycles. The molecule has 1 aromatic rings. The molecule has 0 aliphatic rings. The Bertz CT molecular complexity index is 391. The Kier molecular flexibility index (Phi) is 7.54. The quantitative estimate of drug-likeness (QED) is 0.609. The first kappa shape index (κ1) is 16.9. The van der Waals surface area contributed by atoms with Gasteiger partial charge in [-0.25, -0.2) is 0 Å². The smallest absolute Gasteiger partial charge is 0.122 e. The Hall–Kier alpha value is -1.14. The van der Waals surface area contributed by atoms with Gasteiger partial charge in [0.1, 0.15) is 18.5 Å². The second-order valence-corrected chi connectivity index (χ2v) is 4.98. The van der Waals surface area contributed by atoms with Crippen LogP contribution in [-0.4, -0.2) is 65.8 Å². The Morgan fingerprint density at radius 3 is 2.35 bits per heavy atom. The first-order chi connectivity index (χ1) is 9.56. The standard InChI is InChI=1S/C15H25NO4/c1-12-3-4-15(13(2)9-12)20-11-14(19)10-16(5-7-17)6-8-18/h3-4,9,14,17-19H,5-8,10-11H2,1-2H3/t14-/m1/s1. The Morgan fingerprint density at radius 2 is 1.80 bits per heavy atom. The van der Waals surface area contributed by atoms with E-state index in [2.05, 4.69) is 0 Å². The molecule has 0 saturated heterocycles. The van der Waals surface area contributed by atoms with Crippen LogP contribution in [0.25, 0.3) is 0 Å². The van der Waals surface area contributed by atoms with E-state index in [4.69, 9.17) is 14.9 Å². The predicted molar refractivity (Wildman–Crippen MR) is 78.0 cm³/mol. The maximum absolute atomic E-state index is 9.95. The highest BCUT2D eigenvalue weighted by Crippen LogP contribution is 2.18. The Morgan fingerprint density at radius 1 is 1.15 bits per heavy atom. The molecular formula is C15H25NO4. The molecule has 0 fully saturated rings. The van der Waals surface area contributed by atoms with Gasteiger partial charge in [-0.2, -0.15) is 0 Å². The fourth-order valence-corrected chi connectivity index (χ4v) is 2.08. The lowest BCUT2D eigenvalue weighted by Crippen LogP contribution is -2.38. The number of nitrogens with zero attached hydrogens (tertiary/aromatic N) is 1. The number of hydrogen-bond donors (Lipinski definition) is 3. The van der Waals surface area contributed by atoms with Gasteiger partial charge in [-0.05, 0) is 25.5 Å². The first-order valence-electron chi connectivity index (χ1n) is 6.89. The SMILES string of the molecule is Cc1ccc(OC[C@H](O)CN(CCO)CCO)c(C)c1. The van der Waals surface area contributed by atoms with Crippen molar-refractivity contribution in [3.8, 4) is 5.75 Å². The van der Waals surface area contributed by atoms with Crippen molar-refractivity contribution >= 4 is 0 Å². The molecule has 1 atom stereocenters. The zero-order valence-electron chi connectivity index (χ0n) is 12.2. The van der Waals surface area contributed by atoms with Gasteiger partial charge in [0.2, 0.25) is 0 Å². The molecule has 0 unspecified atom stereocenters. The molecule has 3 N–H and O–H groups in total.